The Labute approximate surface area is 185 Å². The smallest absolute Gasteiger partial charge is 0.412 e. The van der Waals surface area contributed by atoms with Gasteiger partial charge in [0.1, 0.15) is 13.2 Å². The van der Waals surface area contributed by atoms with E-state index in [0.29, 0.717) is 6.42 Å². The van der Waals surface area contributed by atoms with E-state index in [9.17, 15) is 19.5 Å². The third-order valence-corrected chi connectivity index (χ3v) is 5.93. The van der Waals surface area contributed by atoms with Crippen LogP contribution in [0.1, 0.15) is 29.9 Å². The predicted molar refractivity (Wildman–Crippen MR) is 116 cm³/mol. The summed E-state index contributed by atoms with van der Waals surface area (Å²) in [4.78, 5) is 38.2. The Hall–Kier alpha value is -3.81. The number of carboxylic acids is 1. The van der Waals surface area contributed by atoms with Crippen molar-refractivity contribution in [3.63, 3.8) is 0 Å². The summed E-state index contributed by atoms with van der Waals surface area (Å²) >= 11 is 0. The molecule has 0 aromatic heterocycles. The molecule has 2 amide bonds. The Morgan fingerprint density at radius 3 is 2.31 bits per heavy atom. The van der Waals surface area contributed by atoms with Gasteiger partial charge in [0.25, 0.3) is 0 Å². The van der Waals surface area contributed by atoms with Crippen molar-refractivity contribution < 1.29 is 29.0 Å². The van der Waals surface area contributed by atoms with E-state index in [1.807, 2.05) is 48.5 Å². The van der Waals surface area contributed by atoms with Gasteiger partial charge in [0.15, 0.2) is 0 Å². The first-order chi connectivity index (χ1) is 15.5. The molecule has 1 aliphatic carbocycles. The van der Waals surface area contributed by atoms with E-state index in [4.69, 9.17) is 9.47 Å². The molecular weight excluding hydrogens is 412 g/mol. The second-order valence-corrected chi connectivity index (χ2v) is 7.74. The third kappa shape index (κ3) is 3.68. The number of nitrogens with zero attached hydrogens (tertiary/aromatic N) is 1. The Kier molecular flexibility index (Phi) is 5.85. The first kappa shape index (κ1) is 21.4. The van der Waals surface area contributed by atoms with E-state index in [0.717, 1.165) is 27.2 Å². The second-order valence-electron chi connectivity index (χ2n) is 7.74. The molecule has 8 nitrogen and oxygen atoms in total. The lowest BCUT2D eigenvalue weighted by Crippen LogP contribution is -2.64. The van der Waals surface area contributed by atoms with Gasteiger partial charge in [0, 0.05) is 18.9 Å². The molecule has 1 fully saturated rings. The number of fused-ring (bicyclic) bond motifs is 3. The summed E-state index contributed by atoms with van der Waals surface area (Å²) in [6.07, 6.45) is 0.0836. The lowest BCUT2D eigenvalue weighted by Gasteiger charge is -2.34. The van der Waals surface area contributed by atoms with Gasteiger partial charge in [-0.1, -0.05) is 61.2 Å². The summed E-state index contributed by atoms with van der Waals surface area (Å²) in [7, 11) is 0. The maximum Gasteiger partial charge on any atom is 0.412 e. The van der Waals surface area contributed by atoms with Gasteiger partial charge in [0.05, 0.1) is 0 Å². The number of amides is 2. The summed E-state index contributed by atoms with van der Waals surface area (Å²) in [6.45, 7) is 3.57. The standard InChI is InChI=1S/C24H24N2O6/c1-2-14-31-22(29)25-24(21(27)28)12-7-13-26(24)23(30)32-15-20-18-10-5-3-8-16(18)17-9-4-6-11-19(17)20/h2-6,8-11,20H,1,7,12-15H2,(H,25,29)(H,27,28). The zero-order valence-corrected chi connectivity index (χ0v) is 17.5. The molecule has 0 bridgehead atoms. The summed E-state index contributed by atoms with van der Waals surface area (Å²) < 4.78 is 10.5. The molecule has 8 heteroatoms. The molecule has 1 saturated heterocycles. The van der Waals surface area contributed by atoms with Gasteiger partial charge >= 0.3 is 18.2 Å². The lowest BCUT2D eigenvalue weighted by atomic mass is 9.98. The summed E-state index contributed by atoms with van der Waals surface area (Å²) in [6, 6.07) is 15.9. The quantitative estimate of drug-likeness (QED) is 0.669. The van der Waals surface area contributed by atoms with Crippen LogP contribution in [-0.4, -0.2) is 53.6 Å². The molecule has 2 aliphatic rings. The molecule has 0 spiro atoms. The van der Waals surface area contributed by atoms with Crippen molar-refractivity contribution in [1.29, 1.82) is 0 Å². The Balaban J connectivity index is 1.51. The number of carboxylic acid groups (broad SMARTS) is 1. The largest absolute Gasteiger partial charge is 0.478 e. The number of benzene rings is 2. The zero-order chi connectivity index (χ0) is 22.7. The number of alkyl carbamates (subject to hydrolysis) is 1. The van der Waals surface area contributed by atoms with Gasteiger partial charge < -0.3 is 14.6 Å². The molecule has 1 heterocycles. The van der Waals surface area contributed by atoms with Crippen LogP contribution in [0, 0.1) is 0 Å². The van der Waals surface area contributed by atoms with Gasteiger partial charge in [-0.2, -0.15) is 0 Å². The fraction of sp³-hybridized carbons (Fsp3) is 0.292. The van der Waals surface area contributed by atoms with Crippen LogP contribution in [0.25, 0.3) is 11.1 Å². The maximum absolute atomic E-state index is 13.0. The zero-order valence-electron chi connectivity index (χ0n) is 17.5. The topological polar surface area (TPSA) is 105 Å². The number of hydrogen-bond donors (Lipinski definition) is 2. The Morgan fingerprint density at radius 2 is 1.72 bits per heavy atom. The van der Waals surface area contributed by atoms with Crippen LogP contribution in [0.3, 0.4) is 0 Å². The van der Waals surface area contributed by atoms with Crippen LogP contribution < -0.4 is 5.32 Å². The number of nitrogens with one attached hydrogen (secondary N) is 1. The summed E-state index contributed by atoms with van der Waals surface area (Å²) in [5, 5.41) is 12.2. The van der Waals surface area contributed by atoms with Gasteiger partial charge in [-0.25, -0.2) is 14.4 Å². The van der Waals surface area contributed by atoms with Crippen molar-refractivity contribution in [2.75, 3.05) is 19.8 Å². The number of ether oxygens (including phenoxy) is 2. The molecule has 2 N–H and O–H groups in total. The van der Waals surface area contributed by atoms with E-state index in [1.165, 1.54) is 6.08 Å². The van der Waals surface area contributed by atoms with Crippen LogP contribution in [0.4, 0.5) is 9.59 Å². The van der Waals surface area contributed by atoms with Crippen molar-refractivity contribution in [3.8, 4) is 11.1 Å². The van der Waals surface area contributed by atoms with Gasteiger partial charge in [-0.15, -0.1) is 0 Å². The van der Waals surface area contributed by atoms with Crippen molar-refractivity contribution in [1.82, 2.24) is 10.2 Å². The minimum Gasteiger partial charge on any atom is -0.478 e. The monoisotopic (exact) mass is 436 g/mol. The van der Waals surface area contributed by atoms with E-state index in [-0.39, 0.29) is 32.1 Å². The molecule has 32 heavy (non-hydrogen) atoms. The van der Waals surface area contributed by atoms with Crippen LogP contribution in [0.5, 0.6) is 0 Å². The van der Waals surface area contributed by atoms with Crippen molar-refractivity contribution in [3.05, 3.63) is 72.3 Å². The van der Waals surface area contributed by atoms with Crippen molar-refractivity contribution >= 4 is 18.2 Å². The SMILES string of the molecule is C=CCOC(=O)NC1(C(=O)O)CCCN1C(=O)OCC1c2ccccc2-c2ccccc21. The number of rotatable bonds is 6. The van der Waals surface area contributed by atoms with Crippen LogP contribution in [0.15, 0.2) is 61.2 Å². The molecule has 166 valence electrons. The van der Waals surface area contributed by atoms with Crippen molar-refractivity contribution in [2.45, 2.75) is 24.4 Å². The van der Waals surface area contributed by atoms with E-state index >= 15 is 0 Å². The Morgan fingerprint density at radius 1 is 1.09 bits per heavy atom. The normalized spacial score (nSPS) is 19.1. The number of aliphatic carboxylic acids is 1. The highest BCUT2D eigenvalue weighted by Gasteiger charge is 2.52. The first-order valence-corrected chi connectivity index (χ1v) is 10.4. The molecular formula is C24H24N2O6. The average Bonchev–Trinajstić information content (AvgIpc) is 3.36. The molecule has 1 unspecified atom stereocenters. The molecule has 0 radical (unpaired) electrons. The maximum atomic E-state index is 13.0. The molecule has 1 atom stereocenters. The fourth-order valence-corrected chi connectivity index (χ4v) is 4.48. The molecule has 1 aliphatic heterocycles. The van der Waals surface area contributed by atoms with Gasteiger partial charge in [0.2, 0.25) is 5.66 Å². The van der Waals surface area contributed by atoms with Crippen LogP contribution in [-0.2, 0) is 14.3 Å². The highest BCUT2D eigenvalue weighted by Crippen LogP contribution is 2.44. The number of hydrogen-bond acceptors (Lipinski definition) is 5. The second kappa shape index (κ2) is 8.74. The summed E-state index contributed by atoms with van der Waals surface area (Å²) in [5.41, 5.74) is 2.38. The highest BCUT2D eigenvalue weighted by atomic mass is 16.6. The predicted octanol–water partition coefficient (Wildman–Crippen LogP) is 3.72. The number of carbonyl (C=O) groups is 3. The average molecular weight is 436 g/mol. The first-order valence-electron chi connectivity index (χ1n) is 10.4. The molecule has 4 rings (SSSR count). The summed E-state index contributed by atoms with van der Waals surface area (Å²) in [5.74, 6) is -1.50. The van der Waals surface area contributed by atoms with Crippen LogP contribution in [0.2, 0.25) is 0 Å². The molecule has 0 saturated carbocycles. The van der Waals surface area contributed by atoms with Crippen LogP contribution >= 0.6 is 0 Å². The molecule has 2 aromatic carbocycles. The third-order valence-electron chi connectivity index (χ3n) is 5.93. The van der Waals surface area contributed by atoms with Gasteiger partial charge in [-0.3, -0.25) is 10.2 Å². The van der Waals surface area contributed by atoms with E-state index in [2.05, 4.69) is 11.9 Å². The van der Waals surface area contributed by atoms with E-state index < -0.39 is 23.8 Å². The van der Waals surface area contributed by atoms with Gasteiger partial charge in [-0.05, 0) is 28.7 Å². The molecule has 2 aromatic rings. The lowest BCUT2D eigenvalue weighted by molar-refractivity contribution is -0.150. The number of carbonyl (C=O) groups excluding carboxylic acids is 2. The fourth-order valence-electron chi connectivity index (χ4n) is 4.48. The minimum absolute atomic E-state index is 0.0513. The van der Waals surface area contributed by atoms with Crippen molar-refractivity contribution in [2.24, 2.45) is 0 Å². The number of likely N-dealkylation sites (tertiary alicyclic amines) is 1. The minimum atomic E-state index is -1.92. The Bertz CT molecular complexity index is 1020. The van der Waals surface area contributed by atoms with E-state index in [1.54, 1.807) is 0 Å². The highest BCUT2D eigenvalue weighted by molar-refractivity contribution is 5.88.